The smallest absolute Gasteiger partial charge is 0.337 e. The van der Waals surface area contributed by atoms with Crippen LogP contribution in [-0.4, -0.2) is 50.6 Å². The summed E-state index contributed by atoms with van der Waals surface area (Å²) in [5.41, 5.74) is 3.99. The number of anilines is 1. The van der Waals surface area contributed by atoms with Gasteiger partial charge in [0, 0.05) is 43.4 Å². The quantitative estimate of drug-likeness (QED) is 0.313. The molecule has 0 aliphatic carbocycles. The Labute approximate surface area is 227 Å². The van der Waals surface area contributed by atoms with Crippen molar-refractivity contribution in [3.63, 3.8) is 0 Å². The summed E-state index contributed by atoms with van der Waals surface area (Å²) in [5, 5.41) is 10.4. The van der Waals surface area contributed by atoms with Crippen LogP contribution in [0.25, 0.3) is 11.1 Å². The Morgan fingerprint density at radius 3 is 2.16 bits per heavy atom. The topological polar surface area (TPSA) is 77.9 Å². The van der Waals surface area contributed by atoms with Crippen LogP contribution in [0.1, 0.15) is 15.9 Å². The van der Waals surface area contributed by atoms with E-state index < -0.39 is 15.8 Å². The van der Waals surface area contributed by atoms with Crippen LogP contribution >= 0.6 is 11.6 Å². The van der Waals surface area contributed by atoms with Crippen molar-refractivity contribution in [2.75, 3.05) is 31.1 Å². The number of sulfone groups is 1. The molecule has 0 unspecified atom stereocenters. The first kappa shape index (κ1) is 26.0. The molecular weight excluding hydrogens is 520 g/mol. The summed E-state index contributed by atoms with van der Waals surface area (Å²) in [6.07, 6.45) is 0. The molecule has 1 aliphatic rings. The number of nitrogens with zero attached hydrogens (tertiary/aromatic N) is 2. The maximum Gasteiger partial charge on any atom is 0.337 e. The zero-order chi connectivity index (χ0) is 26.7. The lowest BCUT2D eigenvalue weighted by molar-refractivity contribution is 0.0692. The molecule has 8 heteroatoms. The van der Waals surface area contributed by atoms with Crippen molar-refractivity contribution in [3.05, 3.63) is 113 Å². The predicted molar refractivity (Wildman–Crippen MR) is 150 cm³/mol. The van der Waals surface area contributed by atoms with E-state index in [4.69, 9.17) is 11.6 Å². The van der Waals surface area contributed by atoms with Gasteiger partial charge in [0.2, 0.25) is 9.84 Å². The average Bonchev–Trinajstić information content (AvgIpc) is 2.94. The number of rotatable bonds is 7. The van der Waals surface area contributed by atoms with E-state index in [1.165, 1.54) is 35.4 Å². The fraction of sp³-hybridized carbons (Fsp3) is 0.167. The molecule has 4 aromatic carbocycles. The maximum absolute atomic E-state index is 13.3. The monoisotopic (exact) mass is 546 g/mol. The predicted octanol–water partition coefficient (Wildman–Crippen LogP) is 5.86. The van der Waals surface area contributed by atoms with Crippen molar-refractivity contribution in [2.24, 2.45) is 0 Å². The van der Waals surface area contributed by atoms with Gasteiger partial charge in [-0.25, -0.2) is 13.2 Å². The molecule has 0 aromatic heterocycles. The third-order valence-corrected chi connectivity index (χ3v) is 8.90. The SMILES string of the molecule is O=C(O)c1ccc(N2CCN(Cc3ccccc3-c3ccc(Cl)cc3)CC2)cc1S(=O)(=O)c1ccccc1. The minimum atomic E-state index is -3.99. The molecule has 0 saturated carbocycles. The Bertz CT molecular complexity index is 1550. The van der Waals surface area contributed by atoms with Gasteiger partial charge in [-0.1, -0.05) is 66.2 Å². The number of benzene rings is 4. The number of hydrogen-bond acceptors (Lipinski definition) is 5. The Hall–Kier alpha value is -3.65. The summed E-state index contributed by atoms with van der Waals surface area (Å²) >= 11 is 6.07. The van der Waals surface area contributed by atoms with Crippen LogP contribution in [0, 0.1) is 0 Å². The van der Waals surface area contributed by atoms with Crippen LogP contribution in [0.3, 0.4) is 0 Å². The first-order valence-corrected chi connectivity index (χ1v) is 14.2. The summed E-state index contributed by atoms with van der Waals surface area (Å²) in [6.45, 7) is 3.76. The average molecular weight is 547 g/mol. The Balaban J connectivity index is 1.34. The van der Waals surface area contributed by atoms with Gasteiger partial charge in [-0.05, 0) is 59.2 Å². The van der Waals surface area contributed by atoms with Crippen LogP contribution in [0.2, 0.25) is 5.02 Å². The molecule has 6 nitrogen and oxygen atoms in total. The van der Waals surface area contributed by atoms with Gasteiger partial charge in [-0.2, -0.15) is 0 Å². The fourth-order valence-electron chi connectivity index (χ4n) is 4.81. The van der Waals surface area contributed by atoms with Gasteiger partial charge in [-0.3, -0.25) is 4.90 Å². The highest BCUT2D eigenvalue weighted by Gasteiger charge is 2.27. The fourth-order valence-corrected chi connectivity index (χ4v) is 6.42. The second-order valence-corrected chi connectivity index (χ2v) is 11.6. The van der Waals surface area contributed by atoms with Gasteiger partial charge >= 0.3 is 5.97 Å². The number of piperazine rings is 1. The molecule has 1 N–H and O–H groups in total. The van der Waals surface area contributed by atoms with E-state index in [9.17, 15) is 18.3 Å². The van der Waals surface area contributed by atoms with Crippen molar-refractivity contribution in [2.45, 2.75) is 16.3 Å². The standard InChI is InChI=1S/C30H27ClN2O4S/c31-24-12-10-22(11-13-24)27-9-5-4-6-23(27)21-32-16-18-33(19-17-32)25-14-15-28(30(34)35)29(20-25)38(36,37)26-7-2-1-3-8-26/h1-15,20H,16-19,21H2,(H,34,35). The number of carboxylic acid groups (broad SMARTS) is 1. The van der Waals surface area contributed by atoms with Gasteiger partial charge in [0.25, 0.3) is 0 Å². The molecule has 0 spiro atoms. The maximum atomic E-state index is 13.3. The Kier molecular flexibility index (Phi) is 7.51. The van der Waals surface area contributed by atoms with Crippen molar-refractivity contribution in [1.29, 1.82) is 0 Å². The van der Waals surface area contributed by atoms with E-state index in [0.717, 1.165) is 25.2 Å². The lowest BCUT2D eigenvalue weighted by Crippen LogP contribution is -2.46. The van der Waals surface area contributed by atoms with Gasteiger partial charge < -0.3 is 10.0 Å². The van der Waals surface area contributed by atoms with Crippen LogP contribution in [0.5, 0.6) is 0 Å². The number of aromatic carboxylic acids is 1. The molecular formula is C30H27ClN2O4S. The third-order valence-electron chi connectivity index (χ3n) is 6.84. The van der Waals surface area contributed by atoms with E-state index in [0.29, 0.717) is 23.8 Å². The van der Waals surface area contributed by atoms with Gasteiger partial charge in [0.15, 0.2) is 0 Å². The first-order valence-electron chi connectivity index (χ1n) is 12.3. The van der Waals surface area contributed by atoms with Crippen molar-refractivity contribution in [1.82, 2.24) is 4.90 Å². The molecule has 1 aliphatic heterocycles. The number of carbonyl (C=O) groups is 1. The van der Waals surface area contributed by atoms with Crippen molar-refractivity contribution >= 4 is 33.1 Å². The van der Waals surface area contributed by atoms with Crippen LogP contribution in [0.4, 0.5) is 5.69 Å². The number of carboxylic acids is 1. The number of hydrogen-bond donors (Lipinski definition) is 1. The molecule has 1 heterocycles. The zero-order valence-electron chi connectivity index (χ0n) is 20.6. The van der Waals surface area contributed by atoms with Gasteiger partial charge in [-0.15, -0.1) is 0 Å². The first-order chi connectivity index (χ1) is 18.3. The molecule has 0 bridgehead atoms. The minimum absolute atomic E-state index is 0.0730. The Morgan fingerprint density at radius 2 is 1.47 bits per heavy atom. The molecule has 0 amide bonds. The molecule has 5 rings (SSSR count). The molecule has 0 atom stereocenters. The van der Waals surface area contributed by atoms with E-state index in [1.54, 1.807) is 24.3 Å². The van der Waals surface area contributed by atoms with Gasteiger partial charge in [0.1, 0.15) is 0 Å². The highest BCUT2D eigenvalue weighted by atomic mass is 35.5. The molecule has 194 valence electrons. The third kappa shape index (κ3) is 5.45. The molecule has 38 heavy (non-hydrogen) atoms. The highest BCUT2D eigenvalue weighted by molar-refractivity contribution is 7.91. The van der Waals surface area contributed by atoms with Crippen LogP contribution in [-0.2, 0) is 16.4 Å². The molecule has 4 aromatic rings. The van der Waals surface area contributed by atoms with E-state index in [2.05, 4.69) is 21.9 Å². The summed E-state index contributed by atoms with van der Waals surface area (Å²) in [4.78, 5) is 16.2. The van der Waals surface area contributed by atoms with Gasteiger partial charge in [0.05, 0.1) is 15.4 Å². The number of halogens is 1. The summed E-state index contributed by atoms with van der Waals surface area (Å²) in [5.74, 6) is -1.27. The summed E-state index contributed by atoms with van der Waals surface area (Å²) in [6, 6.07) is 28.7. The largest absolute Gasteiger partial charge is 0.478 e. The zero-order valence-corrected chi connectivity index (χ0v) is 22.2. The lowest BCUT2D eigenvalue weighted by Gasteiger charge is -2.36. The van der Waals surface area contributed by atoms with Crippen molar-refractivity contribution < 1.29 is 18.3 Å². The highest BCUT2D eigenvalue weighted by Crippen LogP contribution is 2.30. The van der Waals surface area contributed by atoms with E-state index in [-0.39, 0.29) is 15.4 Å². The summed E-state index contributed by atoms with van der Waals surface area (Å²) < 4.78 is 26.6. The molecule has 1 fully saturated rings. The molecule has 1 saturated heterocycles. The second-order valence-electron chi connectivity index (χ2n) is 9.23. The van der Waals surface area contributed by atoms with Crippen molar-refractivity contribution in [3.8, 4) is 11.1 Å². The minimum Gasteiger partial charge on any atom is -0.478 e. The van der Waals surface area contributed by atoms with E-state index in [1.807, 2.05) is 36.4 Å². The normalized spacial score (nSPS) is 14.4. The van der Waals surface area contributed by atoms with E-state index >= 15 is 0 Å². The summed E-state index contributed by atoms with van der Waals surface area (Å²) in [7, 11) is -3.99. The lowest BCUT2D eigenvalue weighted by atomic mass is 9.99. The second kappa shape index (κ2) is 11.0. The van der Waals surface area contributed by atoms with Crippen LogP contribution < -0.4 is 4.90 Å². The van der Waals surface area contributed by atoms with Crippen LogP contribution in [0.15, 0.2) is 107 Å². The molecule has 0 radical (unpaired) electrons. The Morgan fingerprint density at radius 1 is 0.816 bits per heavy atom.